The highest BCUT2D eigenvalue weighted by atomic mass is 79.9. The van der Waals surface area contributed by atoms with Gasteiger partial charge in [-0.05, 0) is 55.7 Å². The van der Waals surface area contributed by atoms with E-state index in [1.165, 1.54) is 4.90 Å². The number of sulfonamides is 1. The van der Waals surface area contributed by atoms with Crippen LogP contribution in [0.2, 0.25) is 0 Å². The van der Waals surface area contributed by atoms with Crippen LogP contribution in [0.25, 0.3) is 0 Å². The Balaban J connectivity index is 2.04. The van der Waals surface area contributed by atoms with Crippen molar-refractivity contribution in [1.82, 2.24) is 10.2 Å². The molecule has 0 heterocycles. The van der Waals surface area contributed by atoms with E-state index in [2.05, 4.69) is 21.2 Å². The van der Waals surface area contributed by atoms with Crippen molar-refractivity contribution in [3.63, 3.8) is 0 Å². The van der Waals surface area contributed by atoms with Crippen molar-refractivity contribution in [1.29, 1.82) is 0 Å². The summed E-state index contributed by atoms with van der Waals surface area (Å²) in [5.41, 5.74) is 3.19. The molecule has 3 rings (SSSR count). The highest BCUT2D eigenvalue weighted by Crippen LogP contribution is 2.22. The molecule has 39 heavy (non-hydrogen) atoms. The van der Waals surface area contributed by atoms with Gasteiger partial charge < -0.3 is 10.2 Å². The van der Waals surface area contributed by atoms with E-state index in [1.54, 1.807) is 24.3 Å². The molecule has 1 N–H and O–H groups in total. The van der Waals surface area contributed by atoms with E-state index in [4.69, 9.17) is 0 Å². The first-order valence-electron chi connectivity index (χ1n) is 12.9. The molecule has 2 amide bonds. The van der Waals surface area contributed by atoms with E-state index >= 15 is 0 Å². The minimum Gasteiger partial charge on any atom is -0.352 e. The van der Waals surface area contributed by atoms with Gasteiger partial charge in [0.2, 0.25) is 21.8 Å². The van der Waals surface area contributed by atoms with Crippen LogP contribution in [0.5, 0.6) is 0 Å². The van der Waals surface area contributed by atoms with Crippen molar-refractivity contribution in [2.75, 3.05) is 17.1 Å². The number of aryl methyl sites for hydroxylation is 1. The average Bonchev–Trinajstić information content (AvgIpc) is 2.90. The van der Waals surface area contributed by atoms with Gasteiger partial charge in [-0.25, -0.2) is 8.42 Å². The molecule has 0 saturated carbocycles. The molecular formula is C30H36BrN3O4S. The molecule has 9 heteroatoms. The fraction of sp³-hybridized carbons (Fsp3) is 0.333. The van der Waals surface area contributed by atoms with Crippen LogP contribution in [0.1, 0.15) is 37.0 Å². The summed E-state index contributed by atoms with van der Waals surface area (Å²) in [6.45, 7) is 5.60. The predicted octanol–water partition coefficient (Wildman–Crippen LogP) is 5.08. The Kier molecular flexibility index (Phi) is 10.7. The Morgan fingerprint density at radius 3 is 2.10 bits per heavy atom. The number of carbonyl (C=O) groups excluding carboxylic acids is 2. The molecule has 0 radical (unpaired) electrons. The van der Waals surface area contributed by atoms with Crippen LogP contribution in [0.15, 0.2) is 83.3 Å². The average molecular weight is 615 g/mol. The fourth-order valence-electron chi connectivity index (χ4n) is 4.11. The molecule has 0 saturated heterocycles. The molecule has 0 bridgehead atoms. The minimum atomic E-state index is -3.80. The molecule has 208 valence electrons. The van der Waals surface area contributed by atoms with Crippen LogP contribution in [-0.2, 0) is 32.6 Å². The summed E-state index contributed by atoms with van der Waals surface area (Å²) < 4.78 is 27.5. The number of hydrogen-bond donors (Lipinski definition) is 1. The van der Waals surface area contributed by atoms with Crippen LogP contribution < -0.4 is 9.62 Å². The number of nitrogens with zero attached hydrogens (tertiary/aromatic N) is 2. The third-order valence-corrected chi connectivity index (χ3v) is 8.21. The Labute approximate surface area is 240 Å². The van der Waals surface area contributed by atoms with Crippen LogP contribution in [-0.4, -0.2) is 50.0 Å². The first kappa shape index (κ1) is 30.4. The molecule has 0 aromatic heterocycles. The third kappa shape index (κ3) is 8.93. The number of amides is 2. The van der Waals surface area contributed by atoms with E-state index in [9.17, 15) is 18.0 Å². The van der Waals surface area contributed by atoms with Gasteiger partial charge in [0.05, 0.1) is 11.9 Å². The highest BCUT2D eigenvalue weighted by Gasteiger charge is 2.33. The second-order valence-corrected chi connectivity index (χ2v) is 12.6. The van der Waals surface area contributed by atoms with E-state index in [0.717, 1.165) is 38.1 Å². The fourth-order valence-corrected chi connectivity index (χ4v) is 5.22. The van der Waals surface area contributed by atoms with Crippen molar-refractivity contribution in [3.8, 4) is 0 Å². The van der Waals surface area contributed by atoms with Gasteiger partial charge in [0.1, 0.15) is 12.6 Å². The van der Waals surface area contributed by atoms with Crippen molar-refractivity contribution in [3.05, 3.63) is 100 Å². The molecule has 2 atom stereocenters. The Hall–Kier alpha value is -3.17. The molecule has 0 aliphatic carbocycles. The lowest BCUT2D eigenvalue weighted by Crippen LogP contribution is -2.54. The van der Waals surface area contributed by atoms with E-state index in [-0.39, 0.29) is 24.9 Å². The molecule has 3 aromatic carbocycles. The van der Waals surface area contributed by atoms with Gasteiger partial charge >= 0.3 is 0 Å². The third-order valence-electron chi connectivity index (χ3n) is 6.54. The van der Waals surface area contributed by atoms with E-state index in [0.29, 0.717) is 5.69 Å². The highest BCUT2D eigenvalue weighted by molar-refractivity contribution is 9.10. The maximum absolute atomic E-state index is 14.0. The monoisotopic (exact) mass is 613 g/mol. The Morgan fingerprint density at radius 2 is 1.54 bits per heavy atom. The summed E-state index contributed by atoms with van der Waals surface area (Å²) in [6.07, 6.45) is 2.10. The first-order chi connectivity index (χ1) is 18.5. The zero-order valence-corrected chi connectivity index (χ0v) is 25.2. The van der Waals surface area contributed by atoms with E-state index < -0.39 is 28.5 Å². The van der Waals surface area contributed by atoms with Gasteiger partial charge in [0, 0.05) is 23.5 Å². The second-order valence-electron chi connectivity index (χ2n) is 9.78. The summed E-state index contributed by atoms with van der Waals surface area (Å²) in [6, 6.07) is 23.1. The standard InChI is InChI=1S/C30H36BrN3O4S/c1-5-23(3)32-30(36)28(19-24-9-7-6-8-10-24)33(20-25-13-11-22(2)12-14-25)29(35)21-34(39(4,37)38)27-17-15-26(31)16-18-27/h6-18,23,28H,5,19-21H2,1-4H3,(H,32,36)/t23-,28-/m1/s1. The molecule has 7 nitrogen and oxygen atoms in total. The topological polar surface area (TPSA) is 86.8 Å². The lowest BCUT2D eigenvalue weighted by molar-refractivity contribution is -0.140. The summed E-state index contributed by atoms with van der Waals surface area (Å²) in [4.78, 5) is 29.2. The van der Waals surface area contributed by atoms with Gasteiger partial charge in [0.25, 0.3) is 0 Å². The van der Waals surface area contributed by atoms with Crippen LogP contribution >= 0.6 is 15.9 Å². The second kappa shape index (κ2) is 13.8. The lowest BCUT2D eigenvalue weighted by Gasteiger charge is -2.34. The number of anilines is 1. The van der Waals surface area contributed by atoms with Gasteiger partial charge in [-0.3, -0.25) is 13.9 Å². The normalized spacial score (nSPS) is 12.8. The maximum Gasteiger partial charge on any atom is 0.244 e. The number of nitrogens with one attached hydrogen (secondary N) is 1. The number of rotatable bonds is 12. The lowest BCUT2D eigenvalue weighted by atomic mass is 10.0. The molecule has 0 aliphatic heterocycles. The van der Waals surface area contributed by atoms with Crippen molar-refractivity contribution < 1.29 is 18.0 Å². The first-order valence-corrected chi connectivity index (χ1v) is 15.5. The molecular weight excluding hydrogens is 578 g/mol. The Bertz CT molecular complexity index is 1350. The number of halogens is 1. The predicted molar refractivity (Wildman–Crippen MR) is 160 cm³/mol. The molecule has 0 aliphatic rings. The van der Waals surface area contributed by atoms with Gasteiger partial charge in [-0.15, -0.1) is 0 Å². The molecule has 0 fully saturated rings. The SMILES string of the molecule is CC[C@@H](C)NC(=O)[C@@H](Cc1ccccc1)N(Cc1ccc(C)cc1)C(=O)CN(c1ccc(Br)cc1)S(C)(=O)=O. The maximum atomic E-state index is 14.0. The summed E-state index contributed by atoms with van der Waals surface area (Å²) in [7, 11) is -3.80. The van der Waals surface area contributed by atoms with Crippen molar-refractivity contribution in [2.24, 2.45) is 0 Å². The van der Waals surface area contributed by atoms with Crippen LogP contribution in [0.3, 0.4) is 0 Å². The largest absolute Gasteiger partial charge is 0.352 e. The Morgan fingerprint density at radius 1 is 0.923 bits per heavy atom. The van der Waals surface area contributed by atoms with Crippen LogP contribution in [0.4, 0.5) is 5.69 Å². The van der Waals surface area contributed by atoms with Crippen LogP contribution in [0, 0.1) is 6.92 Å². The number of benzene rings is 3. The summed E-state index contributed by atoms with van der Waals surface area (Å²) >= 11 is 3.37. The summed E-state index contributed by atoms with van der Waals surface area (Å²) in [5, 5.41) is 3.03. The minimum absolute atomic E-state index is 0.0811. The van der Waals surface area contributed by atoms with Crippen molar-refractivity contribution >= 4 is 43.5 Å². The quantitative estimate of drug-likeness (QED) is 0.309. The molecule has 0 unspecified atom stereocenters. The summed E-state index contributed by atoms with van der Waals surface area (Å²) in [5.74, 6) is -0.743. The van der Waals surface area contributed by atoms with Gasteiger partial charge in [0.15, 0.2) is 0 Å². The van der Waals surface area contributed by atoms with E-state index in [1.807, 2.05) is 75.4 Å². The van der Waals surface area contributed by atoms with Gasteiger partial charge in [-0.1, -0.05) is 83.0 Å². The van der Waals surface area contributed by atoms with Crippen molar-refractivity contribution in [2.45, 2.75) is 52.2 Å². The zero-order valence-electron chi connectivity index (χ0n) is 22.8. The smallest absolute Gasteiger partial charge is 0.244 e. The van der Waals surface area contributed by atoms with Gasteiger partial charge in [-0.2, -0.15) is 0 Å². The zero-order chi connectivity index (χ0) is 28.6. The molecule has 3 aromatic rings. The number of hydrogen-bond acceptors (Lipinski definition) is 4. The molecule has 0 spiro atoms. The number of carbonyl (C=O) groups is 2.